The highest BCUT2D eigenvalue weighted by Gasteiger charge is 2.38. The monoisotopic (exact) mass is 343 g/mol. The number of fused-ring (bicyclic) bond motifs is 2. The second kappa shape index (κ2) is 6.12. The molecule has 1 aliphatic heterocycles. The number of benzene rings is 1. The number of hydrogen-bond donors (Lipinski definition) is 1. The molecular formula is C19H25N3OS. The van der Waals surface area contributed by atoms with Crippen molar-refractivity contribution in [1.29, 1.82) is 0 Å². The molecule has 1 aromatic carbocycles. The zero-order valence-electron chi connectivity index (χ0n) is 14.4. The fraction of sp³-hybridized carbons (Fsp3) is 0.526. The highest BCUT2D eigenvalue weighted by atomic mass is 32.1. The minimum atomic E-state index is 0.593. The third kappa shape index (κ3) is 2.21. The van der Waals surface area contributed by atoms with Gasteiger partial charge in [0.1, 0.15) is 0 Å². The third-order valence-corrected chi connectivity index (χ3v) is 6.15. The first-order valence-corrected chi connectivity index (χ1v) is 9.37. The number of thiol groups is 1. The van der Waals surface area contributed by atoms with Gasteiger partial charge in [0.05, 0.1) is 5.52 Å². The van der Waals surface area contributed by atoms with Crippen LogP contribution in [0.5, 0.6) is 0 Å². The predicted octanol–water partition coefficient (Wildman–Crippen LogP) is 3.40. The summed E-state index contributed by atoms with van der Waals surface area (Å²) in [6, 6.07) is 7.13. The quantitative estimate of drug-likeness (QED) is 0.681. The Morgan fingerprint density at radius 2 is 2.25 bits per heavy atom. The summed E-state index contributed by atoms with van der Waals surface area (Å²) in [6.07, 6.45) is 5.60. The van der Waals surface area contributed by atoms with Gasteiger partial charge in [-0.3, -0.25) is 9.69 Å². The maximum Gasteiger partial charge on any atom is 0.238 e. The molecule has 0 radical (unpaired) electrons. The van der Waals surface area contributed by atoms with Gasteiger partial charge in [0.25, 0.3) is 0 Å². The Morgan fingerprint density at radius 3 is 3.00 bits per heavy atom. The smallest absolute Gasteiger partial charge is 0.238 e. The van der Waals surface area contributed by atoms with E-state index >= 15 is 0 Å². The molecule has 1 aromatic heterocycles. The maximum absolute atomic E-state index is 11.3. The number of carbonyl (C=O) groups excluding carboxylic acids is 1. The van der Waals surface area contributed by atoms with Crippen molar-refractivity contribution in [3.8, 4) is 0 Å². The SMILES string of the molecule is CCCN1CCC[C@@H]2c3cccc4c3c(c(C)n4N(S)C=O)C[C@H]21. The maximum atomic E-state index is 11.3. The molecule has 2 atom stereocenters. The Balaban J connectivity index is 1.90. The predicted molar refractivity (Wildman–Crippen MR) is 101 cm³/mol. The van der Waals surface area contributed by atoms with E-state index < -0.39 is 0 Å². The van der Waals surface area contributed by atoms with E-state index in [1.165, 1.54) is 53.3 Å². The summed E-state index contributed by atoms with van der Waals surface area (Å²) in [5.74, 6) is 0.612. The van der Waals surface area contributed by atoms with Crippen molar-refractivity contribution < 1.29 is 4.79 Å². The molecule has 5 heteroatoms. The first-order valence-electron chi connectivity index (χ1n) is 8.97. The van der Waals surface area contributed by atoms with Crippen molar-refractivity contribution in [2.45, 2.75) is 51.5 Å². The van der Waals surface area contributed by atoms with Gasteiger partial charge in [-0.25, -0.2) is 4.68 Å². The van der Waals surface area contributed by atoms with Crippen molar-refractivity contribution in [3.05, 3.63) is 35.0 Å². The molecule has 1 amide bonds. The molecule has 1 fully saturated rings. The fourth-order valence-electron chi connectivity index (χ4n) is 4.96. The van der Waals surface area contributed by atoms with E-state index in [2.05, 4.69) is 49.8 Å². The average molecular weight is 343 g/mol. The van der Waals surface area contributed by atoms with Crippen molar-refractivity contribution >= 4 is 30.1 Å². The molecule has 2 heterocycles. The summed E-state index contributed by atoms with van der Waals surface area (Å²) in [5.41, 5.74) is 5.10. The molecule has 4 rings (SSSR count). The normalized spacial score (nSPS) is 23.3. The Kier molecular flexibility index (Phi) is 4.09. The Bertz CT molecular complexity index is 783. The first-order chi connectivity index (χ1) is 11.7. The van der Waals surface area contributed by atoms with E-state index in [4.69, 9.17) is 0 Å². The molecule has 2 aromatic rings. The summed E-state index contributed by atoms with van der Waals surface area (Å²) < 4.78 is 3.31. The largest absolute Gasteiger partial charge is 0.299 e. The minimum Gasteiger partial charge on any atom is -0.299 e. The van der Waals surface area contributed by atoms with Gasteiger partial charge < -0.3 is 0 Å². The lowest BCUT2D eigenvalue weighted by Crippen LogP contribution is -2.47. The molecule has 0 bridgehead atoms. The third-order valence-electron chi connectivity index (χ3n) is 5.88. The van der Waals surface area contributed by atoms with Crippen LogP contribution in [0.3, 0.4) is 0 Å². The van der Waals surface area contributed by atoms with Crippen LogP contribution in [0.25, 0.3) is 10.9 Å². The summed E-state index contributed by atoms with van der Waals surface area (Å²) in [4.78, 5) is 14.0. The standard InChI is InChI=1S/C19H25N3OS/c1-3-9-20-10-5-7-14-15-6-4-8-17-19(15)16(11-18(14)20)13(2)22(17)21(24)12-23/h4,6,8,12,14,18,24H,3,5,7,9-11H2,1-2H3/t14-,18-/m1/s1. The molecule has 128 valence electrons. The van der Waals surface area contributed by atoms with Crippen molar-refractivity contribution in [2.24, 2.45) is 0 Å². The number of aromatic nitrogens is 1. The number of hydrogen-bond acceptors (Lipinski definition) is 3. The number of carbonyl (C=O) groups is 1. The van der Waals surface area contributed by atoms with Crippen molar-refractivity contribution in [2.75, 3.05) is 17.5 Å². The van der Waals surface area contributed by atoms with Crippen LogP contribution in [-0.2, 0) is 11.2 Å². The molecule has 0 unspecified atom stereocenters. The number of nitrogens with zero attached hydrogens (tertiary/aromatic N) is 3. The highest BCUT2D eigenvalue weighted by Crippen LogP contribution is 2.45. The summed E-state index contributed by atoms with van der Waals surface area (Å²) in [6.45, 7) is 6.77. The van der Waals surface area contributed by atoms with E-state index in [-0.39, 0.29) is 0 Å². The lowest BCUT2D eigenvalue weighted by molar-refractivity contribution is -0.107. The van der Waals surface area contributed by atoms with Crippen LogP contribution in [0.4, 0.5) is 0 Å². The van der Waals surface area contributed by atoms with Gasteiger partial charge in [-0.15, -0.1) is 0 Å². The topological polar surface area (TPSA) is 28.5 Å². The molecule has 4 nitrogen and oxygen atoms in total. The first kappa shape index (κ1) is 16.0. The Labute approximate surface area is 148 Å². The highest BCUT2D eigenvalue weighted by molar-refractivity contribution is 7.82. The molecule has 1 aliphatic carbocycles. The van der Waals surface area contributed by atoms with Gasteiger partial charge in [0.15, 0.2) is 0 Å². The van der Waals surface area contributed by atoms with Crippen LogP contribution < -0.4 is 4.41 Å². The van der Waals surface area contributed by atoms with E-state index in [1.807, 2.05) is 4.68 Å². The number of likely N-dealkylation sites (tertiary alicyclic amines) is 1. The minimum absolute atomic E-state index is 0.593. The molecule has 1 saturated heterocycles. The summed E-state index contributed by atoms with van der Waals surface area (Å²) in [5, 5.41) is 1.36. The van der Waals surface area contributed by atoms with Gasteiger partial charge in [-0.2, -0.15) is 4.41 Å². The lowest BCUT2D eigenvalue weighted by Gasteiger charge is -2.44. The van der Waals surface area contributed by atoms with Gasteiger partial charge in [0, 0.05) is 23.0 Å². The zero-order chi connectivity index (χ0) is 16.8. The molecule has 0 spiro atoms. The van der Waals surface area contributed by atoms with Gasteiger partial charge >= 0.3 is 0 Å². The lowest BCUT2D eigenvalue weighted by atomic mass is 9.74. The van der Waals surface area contributed by atoms with E-state index in [1.54, 1.807) is 0 Å². The molecule has 0 saturated carbocycles. The molecule has 2 aliphatic rings. The van der Waals surface area contributed by atoms with Crippen molar-refractivity contribution in [1.82, 2.24) is 9.58 Å². The van der Waals surface area contributed by atoms with Gasteiger partial charge in [-0.05, 0) is 75.7 Å². The fourth-order valence-corrected chi connectivity index (χ4v) is 5.19. The Morgan fingerprint density at radius 1 is 1.42 bits per heavy atom. The zero-order valence-corrected chi connectivity index (χ0v) is 15.3. The van der Waals surface area contributed by atoms with E-state index in [9.17, 15) is 4.79 Å². The Hall–Kier alpha value is -1.46. The summed E-state index contributed by atoms with van der Waals surface area (Å²) >= 11 is 4.34. The van der Waals surface area contributed by atoms with Crippen LogP contribution in [-0.4, -0.2) is 35.1 Å². The van der Waals surface area contributed by atoms with Gasteiger partial charge in [-0.1, -0.05) is 19.1 Å². The van der Waals surface area contributed by atoms with Crippen LogP contribution in [0, 0.1) is 6.92 Å². The second-order valence-electron chi connectivity index (χ2n) is 7.10. The van der Waals surface area contributed by atoms with Crippen LogP contribution in [0.1, 0.15) is 48.9 Å². The molecule has 24 heavy (non-hydrogen) atoms. The van der Waals surface area contributed by atoms with Crippen LogP contribution >= 0.6 is 12.8 Å². The van der Waals surface area contributed by atoms with Crippen molar-refractivity contribution in [3.63, 3.8) is 0 Å². The van der Waals surface area contributed by atoms with Gasteiger partial charge in [0.2, 0.25) is 6.41 Å². The molecule has 0 N–H and O–H groups in total. The van der Waals surface area contributed by atoms with Crippen LogP contribution in [0.15, 0.2) is 18.2 Å². The number of piperidine rings is 1. The van der Waals surface area contributed by atoms with Crippen LogP contribution in [0.2, 0.25) is 0 Å². The summed E-state index contributed by atoms with van der Waals surface area (Å²) in [7, 11) is 0. The molecular weight excluding hydrogens is 318 g/mol. The van der Waals surface area contributed by atoms with E-state index in [0.29, 0.717) is 12.0 Å². The number of amides is 1. The second-order valence-corrected chi connectivity index (χ2v) is 7.51. The van der Waals surface area contributed by atoms with E-state index in [0.717, 1.165) is 24.0 Å². The number of rotatable bonds is 4. The average Bonchev–Trinajstić information content (AvgIpc) is 2.89.